The van der Waals surface area contributed by atoms with Crippen LogP contribution >= 0.6 is 0 Å². The molecule has 1 aromatic rings. The zero-order valence-electron chi connectivity index (χ0n) is 9.85. The highest BCUT2D eigenvalue weighted by Gasteiger charge is 2.29. The zero-order valence-corrected chi connectivity index (χ0v) is 9.85. The van der Waals surface area contributed by atoms with Crippen LogP contribution in [0.1, 0.15) is 18.0 Å². The van der Waals surface area contributed by atoms with Gasteiger partial charge in [0, 0.05) is 19.5 Å². The predicted molar refractivity (Wildman–Crippen MR) is 64.3 cm³/mol. The van der Waals surface area contributed by atoms with Crippen LogP contribution in [0.4, 0.5) is 0 Å². The minimum atomic E-state index is 0.0177. The third-order valence-electron chi connectivity index (χ3n) is 2.84. The highest BCUT2D eigenvalue weighted by molar-refractivity contribution is 5.78. The summed E-state index contributed by atoms with van der Waals surface area (Å²) in [7, 11) is 1.63. The van der Waals surface area contributed by atoms with Crippen molar-refractivity contribution in [2.45, 2.75) is 12.5 Å². The number of hydrogen-bond acceptors (Lipinski definition) is 4. The van der Waals surface area contributed by atoms with Crippen molar-refractivity contribution in [3.05, 3.63) is 29.8 Å². The molecule has 92 valence electrons. The lowest BCUT2D eigenvalue weighted by Gasteiger charge is -2.17. The van der Waals surface area contributed by atoms with Gasteiger partial charge >= 0.3 is 0 Å². The fraction of sp³-hybridized carbons (Fsp3) is 0.417. The van der Waals surface area contributed by atoms with E-state index in [2.05, 4.69) is 5.43 Å². The van der Waals surface area contributed by atoms with Crippen LogP contribution in [-0.2, 0) is 4.79 Å². The van der Waals surface area contributed by atoms with Crippen LogP contribution in [-0.4, -0.2) is 31.1 Å². The van der Waals surface area contributed by atoms with E-state index in [9.17, 15) is 4.79 Å². The van der Waals surface area contributed by atoms with Crippen LogP contribution in [0.3, 0.4) is 0 Å². The number of carbonyl (C=O) groups excluding carboxylic acids is 1. The van der Waals surface area contributed by atoms with Crippen LogP contribution in [0.5, 0.6) is 5.75 Å². The largest absolute Gasteiger partial charge is 0.497 e. The monoisotopic (exact) mass is 235 g/mol. The zero-order chi connectivity index (χ0) is 12.3. The van der Waals surface area contributed by atoms with Gasteiger partial charge in [-0.2, -0.15) is 0 Å². The Balaban J connectivity index is 2.11. The van der Waals surface area contributed by atoms with Gasteiger partial charge in [0.2, 0.25) is 5.91 Å². The van der Waals surface area contributed by atoms with Gasteiger partial charge in [-0.1, -0.05) is 12.1 Å². The van der Waals surface area contributed by atoms with E-state index >= 15 is 0 Å². The lowest BCUT2D eigenvalue weighted by molar-refractivity contribution is -0.129. The van der Waals surface area contributed by atoms with Crippen molar-refractivity contribution in [3.63, 3.8) is 0 Å². The number of methoxy groups -OCH3 is 1. The molecule has 0 aromatic heterocycles. The summed E-state index contributed by atoms with van der Waals surface area (Å²) in [6.45, 7) is 1.00. The standard InChI is InChI=1S/C12H17N3O2/c1-17-10-4-2-3-9(7-10)11-8-12(16)15(14-11)6-5-13/h2-4,7,11,14H,5-6,8,13H2,1H3. The number of amides is 1. The first-order valence-electron chi connectivity index (χ1n) is 5.65. The minimum Gasteiger partial charge on any atom is -0.497 e. The molecule has 1 fully saturated rings. The van der Waals surface area contributed by atoms with Gasteiger partial charge in [0.15, 0.2) is 0 Å². The van der Waals surface area contributed by atoms with E-state index in [0.717, 1.165) is 11.3 Å². The second kappa shape index (κ2) is 5.16. The van der Waals surface area contributed by atoms with Crippen molar-refractivity contribution >= 4 is 5.91 Å². The maximum absolute atomic E-state index is 11.7. The summed E-state index contributed by atoms with van der Waals surface area (Å²) in [6, 6.07) is 7.75. The van der Waals surface area contributed by atoms with Crippen molar-refractivity contribution in [3.8, 4) is 5.75 Å². The molecule has 0 saturated carbocycles. The van der Waals surface area contributed by atoms with Crippen molar-refractivity contribution in [2.75, 3.05) is 20.2 Å². The number of nitrogens with one attached hydrogen (secondary N) is 1. The number of nitrogens with two attached hydrogens (primary N) is 1. The Kier molecular flexibility index (Phi) is 3.61. The van der Waals surface area contributed by atoms with Gasteiger partial charge in [-0.3, -0.25) is 9.80 Å². The van der Waals surface area contributed by atoms with Gasteiger partial charge in [0.25, 0.3) is 0 Å². The molecule has 1 unspecified atom stereocenters. The summed E-state index contributed by atoms with van der Waals surface area (Å²) in [5.74, 6) is 0.886. The molecule has 1 aliphatic heterocycles. The maximum atomic E-state index is 11.7. The highest BCUT2D eigenvalue weighted by atomic mass is 16.5. The first-order chi connectivity index (χ1) is 8.24. The van der Waals surface area contributed by atoms with E-state index < -0.39 is 0 Å². The molecule has 1 atom stereocenters. The number of benzene rings is 1. The maximum Gasteiger partial charge on any atom is 0.238 e. The summed E-state index contributed by atoms with van der Waals surface area (Å²) >= 11 is 0. The summed E-state index contributed by atoms with van der Waals surface area (Å²) in [6.07, 6.45) is 0.465. The third-order valence-corrected chi connectivity index (χ3v) is 2.84. The molecule has 17 heavy (non-hydrogen) atoms. The van der Waals surface area contributed by atoms with E-state index in [1.165, 1.54) is 0 Å². The Morgan fingerprint density at radius 2 is 2.41 bits per heavy atom. The van der Waals surface area contributed by atoms with Gasteiger partial charge < -0.3 is 10.5 Å². The number of hydrazine groups is 1. The van der Waals surface area contributed by atoms with Crippen molar-refractivity contribution < 1.29 is 9.53 Å². The van der Waals surface area contributed by atoms with Crippen molar-refractivity contribution in [1.82, 2.24) is 10.4 Å². The molecule has 3 N–H and O–H groups in total. The number of ether oxygens (including phenoxy) is 1. The summed E-state index contributed by atoms with van der Waals surface area (Å²) in [5, 5.41) is 1.59. The van der Waals surface area contributed by atoms with Crippen LogP contribution in [0, 0.1) is 0 Å². The first-order valence-corrected chi connectivity index (χ1v) is 5.65. The third kappa shape index (κ3) is 2.57. The quantitative estimate of drug-likeness (QED) is 0.794. The molecule has 2 rings (SSSR count). The Labute approximate surface area is 101 Å². The molecule has 1 aromatic carbocycles. The molecule has 5 nitrogen and oxygen atoms in total. The Morgan fingerprint density at radius 1 is 1.59 bits per heavy atom. The van der Waals surface area contributed by atoms with E-state index in [0.29, 0.717) is 19.5 Å². The average Bonchev–Trinajstić information content (AvgIpc) is 2.72. The summed E-state index contributed by atoms with van der Waals surface area (Å²) < 4.78 is 5.17. The molecule has 1 aliphatic rings. The van der Waals surface area contributed by atoms with Gasteiger partial charge in [-0.25, -0.2) is 5.43 Å². The molecular weight excluding hydrogens is 218 g/mol. The molecule has 0 bridgehead atoms. The van der Waals surface area contributed by atoms with Gasteiger partial charge in [0.05, 0.1) is 13.2 Å². The van der Waals surface area contributed by atoms with E-state index in [-0.39, 0.29) is 11.9 Å². The Bertz CT molecular complexity index is 408. The topological polar surface area (TPSA) is 67.6 Å². The second-order valence-electron chi connectivity index (χ2n) is 4.00. The normalized spacial score (nSPS) is 19.8. The van der Waals surface area contributed by atoms with Crippen LogP contribution in [0.25, 0.3) is 0 Å². The fourth-order valence-corrected chi connectivity index (χ4v) is 1.96. The molecular formula is C12H17N3O2. The molecule has 0 radical (unpaired) electrons. The van der Waals surface area contributed by atoms with Crippen molar-refractivity contribution in [2.24, 2.45) is 5.73 Å². The molecule has 0 spiro atoms. The van der Waals surface area contributed by atoms with E-state index in [4.69, 9.17) is 10.5 Å². The van der Waals surface area contributed by atoms with E-state index in [1.54, 1.807) is 12.1 Å². The molecule has 1 heterocycles. The fourth-order valence-electron chi connectivity index (χ4n) is 1.96. The summed E-state index contributed by atoms with van der Waals surface area (Å²) in [4.78, 5) is 11.7. The SMILES string of the molecule is COc1cccc(C2CC(=O)N(CCN)N2)c1. The number of rotatable bonds is 4. The smallest absolute Gasteiger partial charge is 0.238 e. The average molecular weight is 235 g/mol. The molecule has 5 heteroatoms. The number of carbonyl (C=O) groups is 1. The Hall–Kier alpha value is -1.59. The van der Waals surface area contributed by atoms with Crippen LogP contribution in [0.2, 0.25) is 0 Å². The van der Waals surface area contributed by atoms with Crippen LogP contribution < -0.4 is 15.9 Å². The molecule has 1 saturated heterocycles. The second-order valence-corrected chi connectivity index (χ2v) is 4.00. The first kappa shape index (κ1) is 11.9. The van der Waals surface area contributed by atoms with E-state index in [1.807, 2.05) is 24.3 Å². The van der Waals surface area contributed by atoms with Gasteiger partial charge in [-0.05, 0) is 17.7 Å². The number of nitrogens with zero attached hydrogens (tertiary/aromatic N) is 1. The lowest BCUT2D eigenvalue weighted by Crippen LogP contribution is -2.38. The molecule has 0 aliphatic carbocycles. The van der Waals surface area contributed by atoms with Crippen molar-refractivity contribution in [1.29, 1.82) is 0 Å². The van der Waals surface area contributed by atoms with Gasteiger partial charge in [0.1, 0.15) is 5.75 Å². The lowest BCUT2D eigenvalue weighted by atomic mass is 10.1. The molecule has 1 amide bonds. The summed E-state index contributed by atoms with van der Waals surface area (Å²) in [5.41, 5.74) is 9.66. The number of hydrogen-bond donors (Lipinski definition) is 2. The predicted octanol–water partition coefficient (Wildman–Crippen LogP) is 0.432. The Morgan fingerprint density at radius 3 is 3.12 bits per heavy atom. The minimum absolute atomic E-state index is 0.0177. The van der Waals surface area contributed by atoms with Gasteiger partial charge in [-0.15, -0.1) is 0 Å². The van der Waals surface area contributed by atoms with Crippen LogP contribution in [0.15, 0.2) is 24.3 Å². The highest BCUT2D eigenvalue weighted by Crippen LogP contribution is 2.26.